The van der Waals surface area contributed by atoms with E-state index in [1.807, 2.05) is 0 Å². The van der Waals surface area contributed by atoms with E-state index in [1.54, 1.807) is 0 Å². The van der Waals surface area contributed by atoms with Crippen LogP contribution in [0.25, 0.3) is 0 Å². The zero-order valence-electron chi connectivity index (χ0n) is 17.1. The number of Topliss-reactive ketones (excluding diaryl/α,β-unsaturated/α-hetero) is 2. The summed E-state index contributed by atoms with van der Waals surface area (Å²) in [4.78, 5) is 41.2. The summed E-state index contributed by atoms with van der Waals surface area (Å²) < 4.78 is 27.1. The lowest BCUT2D eigenvalue weighted by atomic mass is 9.97. The first-order chi connectivity index (χ1) is 14.8. The zero-order chi connectivity index (χ0) is 22.2. The van der Waals surface area contributed by atoms with Crippen molar-refractivity contribution in [2.24, 2.45) is 5.92 Å². The summed E-state index contributed by atoms with van der Waals surface area (Å²) in [6.45, 7) is 1.90. The van der Waals surface area contributed by atoms with Gasteiger partial charge in [0.2, 0.25) is 15.9 Å². The minimum absolute atomic E-state index is 0.0779. The van der Waals surface area contributed by atoms with E-state index in [2.05, 4.69) is 10.3 Å². The molecular weight excluding hydrogens is 438 g/mol. The molecule has 1 fully saturated rings. The van der Waals surface area contributed by atoms with Crippen LogP contribution >= 0.6 is 11.3 Å². The van der Waals surface area contributed by atoms with Crippen molar-refractivity contribution in [1.29, 1.82) is 0 Å². The first-order valence-corrected chi connectivity index (χ1v) is 12.5. The summed E-state index contributed by atoms with van der Waals surface area (Å²) in [6.07, 6.45) is 2.86. The fraction of sp³-hybridized carbons (Fsp3) is 0.429. The Hall–Kier alpha value is -2.43. The third-order valence-corrected chi connectivity index (χ3v) is 8.69. The van der Waals surface area contributed by atoms with Gasteiger partial charge in [0.25, 0.3) is 0 Å². The number of amides is 1. The van der Waals surface area contributed by atoms with Crippen LogP contribution in [-0.2, 0) is 21.2 Å². The van der Waals surface area contributed by atoms with Crippen molar-refractivity contribution < 1.29 is 22.8 Å². The molecule has 164 valence electrons. The monoisotopic (exact) mass is 461 g/mol. The number of nitrogens with zero attached hydrogens (tertiary/aromatic N) is 2. The zero-order valence-corrected chi connectivity index (χ0v) is 18.7. The average molecular weight is 462 g/mol. The number of rotatable bonds is 5. The van der Waals surface area contributed by atoms with Gasteiger partial charge < -0.3 is 5.32 Å². The lowest BCUT2D eigenvalue weighted by molar-refractivity contribution is -0.120. The normalized spacial score (nSPS) is 17.9. The fourth-order valence-corrected chi connectivity index (χ4v) is 6.35. The minimum atomic E-state index is -3.68. The number of hydrogen-bond donors (Lipinski definition) is 1. The molecular formula is C21H23N3O5S2. The quantitative estimate of drug-likeness (QED) is 0.685. The molecule has 0 bridgehead atoms. The molecule has 1 aliphatic heterocycles. The van der Waals surface area contributed by atoms with Crippen molar-refractivity contribution >= 4 is 44.0 Å². The SMILES string of the molecule is CC(=O)c1ccc(S(=O)(=O)N2CCC(C(=O)Nc3nc4c(s3)C(=O)CCC4)CC2)cc1. The molecule has 31 heavy (non-hydrogen) atoms. The molecule has 0 radical (unpaired) electrons. The number of thiazole rings is 1. The Balaban J connectivity index is 1.37. The molecule has 1 aromatic heterocycles. The number of sulfonamides is 1. The maximum atomic E-state index is 12.9. The standard InChI is InChI=1S/C21H23N3O5S2/c1-13(25)14-5-7-16(8-6-14)31(28,29)24-11-9-15(10-12-24)20(27)23-21-22-17-3-2-4-18(26)19(17)30-21/h5-8,15H,2-4,9-12H2,1H3,(H,22,23,27). The summed E-state index contributed by atoms with van der Waals surface area (Å²) in [7, 11) is -3.68. The molecule has 2 aliphatic rings. The highest BCUT2D eigenvalue weighted by atomic mass is 32.2. The second-order valence-electron chi connectivity index (χ2n) is 7.82. The second-order valence-corrected chi connectivity index (χ2v) is 10.8. The van der Waals surface area contributed by atoms with E-state index in [1.165, 1.54) is 46.8 Å². The molecule has 8 nitrogen and oxygen atoms in total. The predicted octanol–water partition coefficient (Wildman–Crippen LogP) is 2.90. The summed E-state index contributed by atoms with van der Waals surface area (Å²) in [5.74, 6) is -0.556. The Bertz CT molecular complexity index is 1130. The summed E-state index contributed by atoms with van der Waals surface area (Å²) in [5, 5.41) is 3.24. The molecule has 2 aromatic rings. The van der Waals surface area contributed by atoms with Crippen LogP contribution in [0, 0.1) is 5.92 Å². The van der Waals surface area contributed by atoms with Crippen molar-refractivity contribution in [3.8, 4) is 0 Å². The smallest absolute Gasteiger partial charge is 0.243 e. The van der Waals surface area contributed by atoms with Crippen molar-refractivity contribution in [3.63, 3.8) is 0 Å². The number of piperidine rings is 1. The van der Waals surface area contributed by atoms with Crippen molar-refractivity contribution in [3.05, 3.63) is 40.4 Å². The number of aromatic nitrogens is 1. The highest BCUT2D eigenvalue weighted by Crippen LogP contribution is 2.31. The van der Waals surface area contributed by atoms with Gasteiger partial charge in [0.05, 0.1) is 15.5 Å². The third-order valence-electron chi connectivity index (χ3n) is 5.72. The Kier molecular flexibility index (Phi) is 6.05. The number of hydrogen-bond acceptors (Lipinski definition) is 7. The first kappa shape index (κ1) is 21.8. The Morgan fingerprint density at radius 1 is 1.13 bits per heavy atom. The Morgan fingerprint density at radius 2 is 1.81 bits per heavy atom. The topological polar surface area (TPSA) is 114 Å². The maximum absolute atomic E-state index is 12.9. The van der Waals surface area contributed by atoms with Gasteiger partial charge in [-0.2, -0.15) is 4.31 Å². The van der Waals surface area contributed by atoms with E-state index >= 15 is 0 Å². The fourth-order valence-electron chi connectivity index (χ4n) is 3.90. The van der Waals surface area contributed by atoms with Crippen molar-refractivity contribution in [2.75, 3.05) is 18.4 Å². The van der Waals surface area contributed by atoms with E-state index in [0.717, 1.165) is 18.5 Å². The van der Waals surface area contributed by atoms with Gasteiger partial charge in [0, 0.05) is 31.0 Å². The summed E-state index contributed by atoms with van der Waals surface area (Å²) >= 11 is 1.22. The van der Waals surface area contributed by atoms with E-state index < -0.39 is 10.0 Å². The second kappa shape index (κ2) is 8.60. The maximum Gasteiger partial charge on any atom is 0.243 e. The molecule has 10 heteroatoms. The van der Waals surface area contributed by atoms with E-state index in [4.69, 9.17) is 0 Å². The predicted molar refractivity (Wildman–Crippen MR) is 116 cm³/mol. The number of carbonyl (C=O) groups excluding carboxylic acids is 3. The van der Waals surface area contributed by atoms with Gasteiger partial charge in [-0.15, -0.1) is 0 Å². The van der Waals surface area contributed by atoms with Crippen LogP contribution in [0.3, 0.4) is 0 Å². The van der Waals surface area contributed by atoms with Gasteiger partial charge in [-0.3, -0.25) is 14.4 Å². The molecule has 1 aromatic carbocycles. The van der Waals surface area contributed by atoms with Crippen LogP contribution in [-0.4, -0.2) is 48.3 Å². The number of anilines is 1. The summed E-state index contributed by atoms with van der Waals surface area (Å²) in [5.41, 5.74) is 1.22. The lowest BCUT2D eigenvalue weighted by Gasteiger charge is -2.30. The molecule has 1 saturated heterocycles. The van der Waals surface area contributed by atoms with Gasteiger partial charge >= 0.3 is 0 Å². The lowest BCUT2D eigenvalue weighted by Crippen LogP contribution is -2.41. The van der Waals surface area contributed by atoms with E-state index in [-0.39, 0.29) is 41.4 Å². The van der Waals surface area contributed by atoms with Gasteiger partial charge in [0.15, 0.2) is 16.7 Å². The van der Waals surface area contributed by atoms with Gasteiger partial charge in [-0.25, -0.2) is 13.4 Å². The molecule has 4 rings (SSSR count). The van der Waals surface area contributed by atoms with Crippen LogP contribution in [0.4, 0.5) is 5.13 Å². The van der Waals surface area contributed by atoms with E-state index in [0.29, 0.717) is 34.8 Å². The molecule has 2 heterocycles. The molecule has 0 atom stereocenters. The van der Waals surface area contributed by atoms with Crippen molar-refractivity contribution in [1.82, 2.24) is 9.29 Å². The van der Waals surface area contributed by atoms with Gasteiger partial charge in [-0.1, -0.05) is 23.5 Å². The van der Waals surface area contributed by atoms with Crippen LogP contribution in [0.5, 0.6) is 0 Å². The highest BCUT2D eigenvalue weighted by Gasteiger charge is 2.33. The van der Waals surface area contributed by atoms with Crippen LogP contribution in [0.2, 0.25) is 0 Å². The average Bonchev–Trinajstić information content (AvgIpc) is 3.17. The van der Waals surface area contributed by atoms with Gasteiger partial charge in [0.1, 0.15) is 0 Å². The third kappa shape index (κ3) is 4.46. The number of nitrogens with one attached hydrogen (secondary N) is 1. The Morgan fingerprint density at radius 3 is 2.42 bits per heavy atom. The molecule has 0 saturated carbocycles. The summed E-state index contributed by atoms with van der Waals surface area (Å²) in [6, 6.07) is 5.90. The molecule has 0 unspecified atom stereocenters. The largest absolute Gasteiger partial charge is 0.302 e. The molecule has 1 aliphatic carbocycles. The van der Waals surface area contributed by atoms with Crippen LogP contribution in [0.15, 0.2) is 29.2 Å². The number of aryl methyl sites for hydroxylation is 1. The first-order valence-electron chi connectivity index (χ1n) is 10.2. The van der Waals surface area contributed by atoms with Crippen LogP contribution in [0.1, 0.15) is 58.3 Å². The Labute approximate surface area is 184 Å². The molecule has 1 N–H and O–H groups in total. The highest BCUT2D eigenvalue weighted by molar-refractivity contribution is 7.89. The molecule has 1 amide bonds. The molecule has 0 spiro atoms. The number of fused-ring (bicyclic) bond motifs is 1. The number of carbonyl (C=O) groups is 3. The van der Waals surface area contributed by atoms with E-state index in [9.17, 15) is 22.8 Å². The minimum Gasteiger partial charge on any atom is -0.302 e. The van der Waals surface area contributed by atoms with Crippen molar-refractivity contribution in [2.45, 2.75) is 43.9 Å². The van der Waals surface area contributed by atoms with Crippen LogP contribution < -0.4 is 5.32 Å². The number of ketones is 2. The van der Waals surface area contributed by atoms with Gasteiger partial charge in [-0.05, 0) is 44.7 Å². The number of benzene rings is 1.